The van der Waals surface area contributed by atoms with E-state index >= 15 is 4.39 Å². The summed E-state index contributed by atoms with van der Waals surface area (Å²) in [5.74, 6) is 0.113. The highest BCUT2D eigenvalue weighted by atomic mass is 19.1. The molecule has 2 aromatic carbocycles. The number of benzene rings is 2. The molecule has 0 saturated carbocycles. The zero-order valence-corrected chi connectivity index (χ0v) is 26.6. The maximum Gasteiger partial charge on any atom is 0.264 e. The van der Waals surface area contributed by atoms with Crippen molar-refractivity contribution in [2.24, 2.45) is 0 Å². The summed E-state index contributed by atoms with van der Waals surface area (Å²) in [5, 5.41) is 15.3. The lowest BCUT2D eigenvalue weighted by Gasteiger charge is -2.41. The first-order valence-corrected chi connectivity index (χ1v) is 15.5. The van der Waals surface area contributed by atoms with Gasteiger partial charge in [-0.3, -0.25) is 14.5 Å². The molecule has 6 rings (SSSR count). The third-order valence-electron chi connectivity index (χ3n) is 8.84. The number of piperidine rings is 1. The molecule has 2 amide bonds. The van der Waals surface area contributed by atoms with Gasteiger partial charge in [0, 0.05) is 50.4 Å². The third kappa shape index (κ3) is 6.37. The van der Waals surface area contributed by atoms with Gasteiger partial charge in [0.15, 0.2) is 5.65 Å². The number of piperazine rings is 1. The number of fused-ring (bicyclic) bond motifs is 1. The summed E-state index contributed by atoms with van der Waals surface area (Å²) in [6, 6.07) is 15.4. The number of halogens is 1. The molecule has 12 nitrogen and oxygen atoms in total. The van der Waals surface area contributed by atoms with E-state index in [1.54, 1.807) is 51.9 Å². The van der Waals surface area contributed by atoms with Crippen molar-refractivity contribution >= 4 is 28.7 Å². The molecule has 13 heteroatoms. The molecule has 0 bridgehead atoms. The van der Waals surface area contributed by atoms with E-state index in [9.17, 15) is 14.9 Å². The number of likely N-dealkylation sites (N-methyl/N-ethyl adjacent to an activating group) is 1. The minimum absolute atomic E-state index is 0.00645. The highest BCUT2D eigenvalue weighted by Crippen LogP contribution is 2.36. The van der Waals surface area contributed by atoms with Crippen LogP contribution >= 0.6 is 0 Å². The van der Waals surface area contributed by atoms with E-state index in [-0.39, 0.29) is 47.7 Å². The van der Waals surface area contributed by atoms with Crippen molar-refractivity contribution in [1.29, 1.82) is 5.26 Å². The minimum Gasteiger partial charge on any atom is -0.457 e. The first-order valence-electron chi connectivity index (χ1n) is 15.5. The Balaban J connectivity index is 1.27. The van der Waals surface area contributed by atoms with Gasteiger partial charge in [-0.2, -0.15) is 10.4 Å². The number of carbonyl (C=O) groups is 2. The SMILES string of the molecule is CN1CCN(C(C)(C)/C=C(\C#N)C(=O)N2CCC[C@@H](n3nc(-c4ccc(Oc5ccccc5)cc4F)c4c(N)ncnc43)C2)CC1=O. The number of para-hydroxylation sites is 1. The second kappa shape index (κ2) is 12.8. The van der Waals surface area contributed by atoms with Crippen LogP contribution in [0.3, 0.4) is 0 Å². The summed E-state index contributed by atoms with van der Waals surface area (Å²) in [6.07, 6.45) is 4.32. The average molecular weight is 638 g/mol. The molecule has 1 atom stereocenters. The fraction of sp³-hybridized carbons (Fsp3) is 0.353. The molecule has 2 saturated heterocycles. The predicted octanol–water partition coefficient (Wildman–Crippen LogP) is 4.17. The number of nitrogens with zero attached hydrogens (tertiary/aromatic N) is 8. The van der Waals surface area contributed by atoms with Gasteiger partial charge in [-0.25, -0.2) is 19.0 Å². The van der Waals surface area contributed by atoms with E-state index in [1.165, 1.54) is 12.4 Å². The number of likely N-dealkylation sites (tertiary alicyclic amines) is 1. The highest BCUT2D eigenvalue weighted by Gasteiger charge is 2.35. The van der Waals surface area contributed by atoms with E-state index in [2.05, 4.69) is 16.0 Å². The fourth-order valence-corrected chi connectivity index (χ4v) is 6.16. The Bertz CT molecular complexity index is 1900. The summed E-state index contributed by atoms with van der Waals surface area (Å²) >= 11 is 0. The molecule has 2 aliphatic heterocycles. The van der Waals surface area contributed by atoms with Gasteiger partial charge in [0.25, 0.3) is 5.91 Å². The Labute approximate surface area is 271 Å². The van der Waals surface area contributed by atoms with Crippen LogP contribution in [0.1, 0.15) is 32.7 Å². The number of hydrogen-bond donors (Lipinski definition) is 1. The number of rotatable bonds is 7. The number of ether oxygens (including phenoxy) is 1. The largest absolute Gasteiger partial charge is 0.457 e. The number of nitrogens with two attached hydrogens (primary N) is 1. The minimum atomic E-state index is -0.694. The van der Waals surface area contributed by atoms with Crippen LogP contribution in [-0.4, -0.2) is 91.6 Å². The molecule has 2 aliphatic rings. The van der Waals surface area contributed by atoms with Crippen LogP contribution in [0.25, 0.3) is 22.3 Å². The summed E-state index contributed by atoms with van der Waals surface area (Å²) in [4.78, 5) is 40.0. The second-order valence-corrected chi connectivity index (χ2v) is 12.4. The summed E-state index contributed by atoms with van der Waals surface area (Å²) in [5.41, 5.74) is 6.54. The molecule has 47 heavy (non-hydrogen) atoms. The molecule has 0 aliphatic carbocycles. The Morgan fingerprint density at radius 3 is 2.64 bits per heavy atom. The molecule has 0 unspecified atom stereocenters. The van der Waals surface area contributed by atoms with E-state index in [0.717, 1.165) is 0 Å². The Morgan fingerprint density at radius 2 is 1.91 bits per heavy atom. The molecule has 2 fully saturated rings. The van der Waals surface area contributed by atoms with Gasteiger partial charge in [-0.05, 0) is 57.0 Å². The van der Waals surface area contributed by atoms with Gasteiger partial charge in [0.2, 0.25) is 5.91 Å². The van der Waals surface area contributed by atoms with E-state index in [4.69, 9.17) is 15.6 Å². The first kappa shape index (κ1) is 31.6. The normalized spacial score (nSPS) is 18.0. The predicted molar refractivity (Wildman–Crippen MR) is 173 cm³/mol. The summed E-state index contributed by atoms with van der Waals surface area (Å²) in [7, 11) is 1.76. The van der Waals surface area contributed by atoms with Crippen LogP contribution in [0.2, 0.25) is 0 Å². The molecule has 0 radical (unpaired) electrons. The lowest BCUT2D eigenvalue weighted by molar-refractivity contribution is -0.136. The van der Waals surface area contributed by atoms with Crippen molar-refractivity contribution in [2.45, 2.75) is 38.3 Å². The Kier molecular flexibility index (Phi) is 8.62. The molecule has 4 aromatic rings. The third-order valence-corrected chi connectivity index (χ3v) is 8.84. The van der Waals surface area contributed by atoms with Crippen molar-refractivity contribution < 1.29 is 18.7 Å². The highest BCUT2D eigenvalue weighted by molar-refractivity contribution is 5.99. The van der Waals surface area contributed by atoms with Crippen molar-refractivity contribution in [3.8, 4) is 28.8 Å². The van der Waals surface area contributed by atoms with Crippen LogP contribution in [-0.2, 0) is 9.59 Å². The number of hydrogen-bond acceptors (Lipinski definition) is 9. The van der Waals surface area contributed by atoms with Crippen LogP contribution in [0.4, 0.5) is 10.2 Å². The summed E-state index contributed by atoms with van der Waals surface area (Å²) < 4.78 is 23.1. The molecule has 0 spiro atoms. The molecule has 242 valence electrons. The Morgan fingerprint density at radius 1 is 1.13 bits per heavy atom. The second-order valence-electron chi connectivity index (χ2n) is 12.4. The smallest absolute Gasteiger partial charge is 0.264 e. The number of nitriles is 1. The maximum atomic E-state index is 15.6. The van der Waals surface area contributed by atoms with E-state index in [1.807, 2.05) is 36.9 Å². The zero-order valence-electron chi connectivity index (χ0n) is 26.6. The molecule has 4 heterocycles. The molecule has 2 aromatic heterocycles. The van der Waals surface area contributed by atoms with Crippen LogP contribution in [0.5, 0.6) is 11.5 Å². The van der Waals surface area contributed by atoms with Crippen molar-refractivity contribution in [2.75, 3.05) is 45.5 Å². The van der Waals surface area contributed by atoms with E-state index in [0.29, 0.717) is 55.0 Å². The zero-order chi connectivity index (χ0) is 33.3. The van der Waals surface area contributed by atoms with Gasteiger partial charge < -0.3 is 20.3 Å². The molecular formula is C34H36FN9O3. The van der Waals surface area contributed by atoms with E-state index < -0.39 is 17.3 Å². The number of aromatic nitrogens is 4. The van der Waals surface area contributed by atoms with Gasteiger partial charge in [0.1, 0.15) is 46.8 Å². The monoisotopic (exact) mass is 637 g/mol. The van der Waals surface area contributed by atoms with Crippen LogP contribution < -0.4 is 10.5 Å². The Hall–Kier alpha value is -5.35. The lowest BCUT2D eigenvalue weighted by atomic mass is 9.96. The van der Waals surface area contributed by atoms with Gasteiger partial charge in [0.05, 0.1) is 18.0 Å². The first-order chi connectivity index (χ1) is 22.6. The quantitative estimate of drug-likeness (QED) is 0.233. The number of amides is 2. The van der Waals surface area contributed by atoms with Gasteiger partial charge >= 0.3 is 0 Å². The maximum absolute atomic E-state index is 15.6. The van der Waals surface area contributed by atoms with Gasteiger partial charge in [-0.1, -0.05) is 18.2 Å². The van der Waals surface area contributed by atoms with Crippen molar-refractivity contribution in [3.05, 3.63) is 72.3 Å². The fourth-order valence-electron chi connectivity index (χ4n) is 6.16. The van der Waals surface area contributed by atoms with Gasteiger partial charge in [-0.15, -0.1) is 0 Å². The number of anilines is 1. The number of carbonyl (C=O) groups excluding carboxylic acids is 2. The lowest BCUT2D eigenvalue weighted by Crippen LogP contribution is -2.55. The topological polar surface area (TPSA) is 146 Å². The average Bonchev–Trinajstić information content (AvgIpc) is 3.46. The van der Waals surface area contributed by atoms with Crippen molar-refractivity contribution in [1.82, 2.24) is 34.4 Å². The molecular weight excluding hydrogens is 601 g/mol. The van der Waals surface area contributed by atoms with Crippen LogP contribution in [0.15, 0.2) is 66.5 Å². The standard InChI is InChI=1S/C34H36FN9O3/c1-34(2,43-15-14-41(3)28(45)20-43)17-22(18-36)33(46)42-13-7-8-23(19-42)44-32-29(31(37)38-21-39-32)30(40-44)26-12-11-25(16-27(26)35)47-24-9-5-4-6-10-24/h4-6,9-12,16-17,21,23H,7-8,13-15,19-20H2,1-3H3,(H2,37,38,39)/b22-17+/t23-/m1/s1. The summed E-state index contributed by atoms with van der Waals surface area (Å²) in [6.45, 7) is 5.94. The molecule has 2 N–H and O–H groups in total. The number of nitrogen functional groups attached to an aromatic ring is 1. The van der Waals surface area contributed by atoms with Crippen molar-refractivity contribution in [3.63, 3.8) is 0 Å². The van der Waals surface area contributed by atoms with Crippen LogP contribution in [0, 0.1) is 17.1 Å².